The number of nitrogens with zero attached hydrogens (tertiary/aromatic N) is 1. The third-order valence-electron chi connectivity index (χ3n) is 2.73. The van der Waals surface area contributed by atoms with Crippen molar-refractivity contribution in [3.8, 4) is 0 Å². The molecule has 0 bridgehead atoms. The Morgan fingerprint density at radius 2 is 1.92 bits per heavy atom. The second kappa shape index (κ2) is 5.80. The molecule has 0 amide bonds. The minimum atomic E-state index is -0.0822. The molecule has 0 aromatic rings. The van der Waals surface area contributed by atoms with Gasteiger partial charge in [-0.3, -0.25) is 4.79 Å². The van der Waals surface area contributed by atoms with Gasteiger partial charge in [-0.05, 0) is 0 Å². The van der Waals surface area contributed by atoms with Crippen molar-refractivity contribution in [2.45, 2.75) is 19.3 Å². The van der Waals surface area contributed by atoms with Crippen molar-refractivity contribution < 1.29 is 38.0 Å². The molecule has 1 fully saturated rings. The fraction of sp³-hybridized carbons (Fsp3) is 0.889. The normalized spacial score (nSPS) is 19.2. The SMILES string of the molecule is COC(=O)CC[N+]1(C)CCCC1.[I-]. The molecular formula is C9H18INO2. The lowest BCUT2D eigenvalue weighted by Gasteiger charge is -2.28. The number of rotatable bonds is 3. The van der Waals surface area contributed by atoms with Gasteiger partial charge in [-0.25, -0.2) is 0 Å². The average Bonchev–Trinajstić information content (AvgIpc) is 2.49. The summed E-state index contributed by atoms with van der Waals surface area (Å²) in [5.41, 5.74) is 0. The van der Waals surface area contributed by atoms with E-state index in [0.29, 0.717) is 6.42 Å². The molecule has 0 spiro atoms. The number of likely N-dealkylation sites (tertiary alicyclic amines) is 1. The summed E-state index contributed by atoms with van der Waals surface area (Å²) in [5, 5.41) is 0. The van der Waals surface area contributed by atoms with Gasteiger partial charge in [0.05, 0.1) is 40.2 Å². The molecule has 0 unspecified atom stereocenters. The fourth-order valence-corrected chi connectivity index (χ4v) is 1.79. The number of methoxy groups -OCH3 is 1. The maximum absolute atomic E-state index is 10.9. The number of quaternary nitrogens is 1. The van der Waals surface area contributed by atoms with Crippen molar-refractivity contribution >= 4 is 5.97 Å². The molecule has 0 N–H and O–H groups in total. The van der Waals surface area contributed by atoms with Crippen LogP contribution in [0.15, 0.2) is 0 Å². The largest absolute Gasteiger partial charge is 1.00 e. The Morgan fingerprint density at radius 1 is 1.38 bits per heavy atom. The lowest BCUT2D eigenvalue weighted by Crippen LogP contribution is -3.00. The second-order valence-electron chi connectivity index (χ2n) is 3.82. The predicted octanol–water partition coefficient (Wildman–Crippen LogP) is -2.21. The first-order valence-corrected chi connectivity index (χ1v) is 4.57. The van der Waals surface area contributed by atoms with Gasteiger partial charge in [0.2, 0.25) is 0 Å². The molecule has 1 saturated heterocycles. The van der Waals surface area contributed by atoms with Crippen LogP contribution in [0.3, 0.4) is 0 Å². The number of ether oxygens (including phenoxy) is 1. The zero-order chi connectivity index (χ0) is 9.03. The first-order valence-electron chi connectivity index (χ1n) is 4.57. The van der Waals surface area contributed by atoms with Gasteiger partial charge in [0.1, 0.15) is 0 Å². The molecule has 3 nitrogen and oxygen atoms in total. The summed E-state index contributed by atoms with van der Waals surface area (Å²) in [6.07, 6.45) is 3.17. The van der Waals surface area contributed by atoms with Crippen molar-refractivity contribution in [3.63, 3.8) is 0 Å². The smallest absolute Gasteiger partial charge is 0.311 e. The highest BCUT2D eigenvalue weighted by molar-refractivity contribution is 5.69. The van der Waals surface area contributed by atoms with Crippen LogP contribution in [0.5, 0.6) is 0 Å². The molecule has 1 aliphatic rings. The molecule has 78 valence electrons. The molecule has 0 aromatic heterocycles. The number of hydrogen-bond acceptors (Lipinski definition) is 2. The fourth-order valence-electron chi connectivity index (χ4n) is 1.79. The number of esters is 1. The first kappa shape index (κ1) is 13.2. The van der Waals surface area contributed by atoms with Crippen LogP contribution in [-0.2, 0) is 9.53 Å². The molecule has 0 radical (unpaired) electrons. The maximum atomic E-state index is 10.9. The van der Waals surface area contributed by atoms with Crippen molar-refractivity contribution in [2.24, 2.45) is 0 Å². The van der Waals surface area contributed by atoms with E-state index in [2.05, 4.69) is 11.8 Å². The van der Waals surface area contributed by atoms with Crippen LogP contribution in [0.1, 0.15) is 19.3 Å². The van der Waals surface area contributed by atoms with Gasteiger partial charge in [-0.2, -0.15) is 0 Å². The molecule has 13 heavy (non-hydrogen) atoms. The Kier molecular flexibility index (Phi) is 5.87. The highest BCUT2D eigenvalue weighted by atomic mass is 127. The minimum absolute atomic E-state index is 0. The Labute approximate surface area is 97.0 Å². The molecular weight excluding hydrogens is 281 g/mol. The van der Waals surface area contributed by atoms with E-state index in [4.69, 9.17) is 0 Å². The molecule has 0 atom stereocenters. The number of carbonyl (C=O) groups is 1. The van der Waals surface area contributed by atoms with Crippen molar-refractivity contribution in [3.05, 3.63) is 0 Å². The van der Waals surface area contributed by atoms with E-state index in [1.807, 2.05) is 0 Å². The Morgan fingerprint density at radius 3 is 2.38 bits per heavy atom. The van der Waals surface area contributed by atoms with E-state index in [1.54, 1.807) is 0 Å². The zero-order valence-corrected chi connectivity index (χ0v) is 10.5. The number of carbonyl (C=O) groups excluding carboxylic acids is 1. The van der Waals surface area contributed by atoms with Crippen LogP contribution < -0.4 is 24.0 Å². The van der Waals surface area contributed by atoms with Crippen molar-refractivity contribution in [1.29, 1.82) is 0 Å². The predicted molar refractivity (Wildman–Crippen MR) is 46.7 cm³/mol. The highest BCUT2D eigenvalue weighted by Crippen LogP contribution is 2.16. The van der Waals surface area contributed by atoms with Gasteiger partial charge >= 0.3 is 5.97 Å². The van der Waals surface area contributed by atoms with Crippen LogP contribution in [0, 0.1) is 0 Å². The summed E-state index contributed by atoms with van der Waals surface area (Å²) < 4.78 is 5.66. The molecule has 1 rings (SSSR count). The van der Waals surface area contributed by atoms with Gasteiger partial charge in [0.15, 0.2) is 0 Å². The lowest BCUT2D eigenvalue weighted by atomic mass is 10.3. The van der Waals surface area contributed by atoms with E-state index in [-0.39, 0.29) is 29.9 Å². The molecule has 0 aliphatic carbocycles. The maximum Gasteiger partial charge on any atom is 0.311 e. The van der Waals surface area contributed by atoms with E-state index >= 15 is 0 Å². The van der Waals surface area contributed by atoms with E-state index in [9.17, 15) is 4.79 Å². The van der Waals surface area contributed by atoms with Crippen LogP contribution in [-0.4, -0.2) is 44.2 Å². The minimum Gasteiger partial charge on any atom is -1.00 e. The van der Waals surface area contributed by atoms with Crippen LogP contribution >= 0.6 is 0 Å². The van der Waals surface area contributed by atoms with E-state index in [1.165, 1.54) is 33.0 Å². The molecule has 0 aromatic carbocycles. The third-order valence-corrected chi connectivity index (χ3v) is 2.73. The molecule has 0 saturated carbocycles. The van der Waals surface area contributed by atoms with Crippen molar-refractivity contribution in [1.82, 2.24) is 0 Å². The van der Waals surface area contributed by atoms with Crippen LogP contribution in [0.2, 0.25) is 0 Å². The standard InChI is InChI=1S/C9H18NO2.HI/c1-10(6-3-4-7-10)8-5-9(11)12-2;/h3-8H2,1-2H3;1H/q+1;/p-1. The third kappa shape index (κ3) is 4.26. The summed E-state index contributed by atoms with van der Waals surface area (Å²) in [6.45, 7) is 3.38. The number of hydrogen-bond donors (Lipinski definition) is 0. The average molecular weight is 299 g/mol. The quantitative estimate of drug-likeness (QED) is 0.336. The highest BCUT2D eigenvalue weighted by Gasteiger charge is 2.27. The van der Waals surface area contributed by atoms with Gasteiger partial charge in [0.25, 0.3) is 0 Å². The molecule has 1 aliphatic heterocycles. The Balaban J connectivity index is 0.00000144. The first-order chi connectivity index (χ1) is 5.66. The summed E-state index contributed by atoms with van der Waals surface area (Å²) in [4.78, 5) is 10.9. The Hall–Kier alpha value is 0.160. The zero-order valence-electron chi connectivity index (χ0n) is 8.38. The Bertz CT molecular complexity index is 167. The molecule has 1 heterocycles. The van der Waals surface area contributed by atoms with Gasteiger partial charge in [-0.1, -0.05) is 0 Å². The van der Waals surface area contributed by atoms with Gasteiger partial charge in [-0.15, -0.1) is 0 Å². The summed E-state index contributed by atoms with van der Waals surface area (Å²) in [5.74, 6) is -0.0822. The van der Waals surface area contributed by atoms with Gasteiger partial charge < -0.3 is 33.2 Å². The van der Waals surface area contributed by atoms with Gasteiger partial charge in [0, 0.05) is 12.8 Å². The second-order valence-corrected chi connectivity index (χ2v) is 3.82. The molecule has 4 heteroatoms. The lowest BCUT2D eigenvalue weighted by molar-refractivity contribution is -0.897. The summed E-state index contributed by atoms with van der Waals surface area (Å²) >= 11 is 0. The summed E-state index contributed by atoms with van der Waals surface area (Å²) in [6, 6.07) is 0. The van der Waals surface area contributed by atoms with Crippen molar-refractivity contribution in [2.75, 3.05) is 33.8 Å². The van der Waals surface area contributed by atoms with E-state index in [0.717, 1.165) is 11.0 Å². The van der Waals surface area contributed by atoms with E-state index < -0.39 is 0 Å². The number of halogens is 1. The summed E-state index contributed by atoms with van der Waals surface area (Å²) in [7, 11) is 3.67. The van der Waals surface area contributed by atoms with Crippen LogP contribution in [0.25, 0.3) is 0 Å². The monoisotopic (exact) mass is 299 g/mol. The van der Waals surface area contributed by atoms with Crippen LogP contribution in [0.4, 0.5) is 0 Å². The topological polar surface area (TPSA) is 26.3 Å².